The Kier molecular flexibility index (Phi) is 8.07. The quantitative estimate of drug-likeness (QED) is 0.196. The number of hydrogen-bond donors (Lipinski definition) is 4. The molecule has 2 aromatic carbocycles. The van der Waals surface area contributed by atoms with Gasteiger partial charge in [-0.05, 0) is 50.8 Å². The maximum absolute atomic E-state index is 9.87. The monoisotopic (exact) mass is 579 g/mol. The number of aromatic nitrogens is 2. The van der Waals surface area contributed by atoms with E-state index in [2.05, 4.69) is 42.5 Å². The molecule has 39 heavy (non-hydrogen) atoms. The summed E-state index contributed by atoms with van der Waals surface area (Å²) in [6.07, 6.45) is 3.56. The minimum atomic E-state index is -0.277. The second kappa shape index (κ2) is 11.7. The zero-order valence-corrected chi connectivity index (χ0v) is 23.9. The molecule has 3 heterocycles. The van der Waals surface area contributed by atoms with Crippen LogP contribution in [0.15, 0.2) is 59.3 Å². The summed E-state index contributed by atoms with van der Waals surface area (Å²) in [4.78, 5) is 11.2. The van der Waals surface area contributed by atoms with E-state index in [0.29, 0.717) is 32.2 Å². The average molecular weight is 581 g/mol. The summed E-state index contributed by atoms with van der Waals surface area (Å²) >= 11 is 14.6. The van der Waals surface area contributed by atoms with Gasteiger partial charge in [0.25, 0.3) is 0 Å². The van der Waals surface area contributed by atoms with Crippen molar-refractivity contribution < 1.29 is 0 Å². The Labute approximate surface area is 241 Å². The van der Waals surface area contributed by atoms with Gasteiger partial charge in [-0.1, -0.05) is 29.3 Å². The molecule has 0 spiro atoms. The number of nitrogens with zero attached hydrogens (tertiary/aromatic N) is 5. The van der Waals surface area contributed by atoms with Crippen molar-refractivity contribution in [3.63, 3.8) is 0 Å². The van der Waals surface area contributed by atoms with E-state index in [-0.39, 0.29) is 6.04 Å². The van der Waals surface area contributed by atoms with Gasteiger partial charge in [0, 0.05) is 52.7 Å². The van der Waals surface area contributed by atoms with Crippen LogP contribution in [0.1, 0.15) is 22.9 Å². The van der Waals surface area contributed by atoms with Gasteiger partial charge in [-0.3, -0.25) is 9.99 Å². The molecule has 0 unspecified atom stereocenters. The van der Waals surface area contributed by atoms with Gasteiger partial charge in [0.2, 0.25) is 0 Å². The van der Waals surface area contributed by atoms with Gasteiger partial charge in [-0.2, -0.15) is 5.26 Å². The number of nitrogens with one attached hydrogen (secondary N) is 4. The molecule has 12 heteroatoms. The molecule has 4 N–H and O–H groups in total. The molecule has 1 aliphatic rings. The molecule has 0 saturated heterocycles. The SMILES string of the molecule is Cc1ccc(Nc2c(C#N)cnc3c(Cl)cc(N[C@H](C4=CN(CCN(C)C)NN4)c4cscn4)cc23)cc1Cl. The molecular weight excluding hydrogens is 553 g/mol. The van der Waals surface area contributed by atoms with E-state index in [0.717, 1.165) is 41.4 Å². The Bertz CT molecular complexity index is 1560. The highest BCUT2D eigenvalue weighted by atomic mass is 35.5. The first kappa shape index (κ1) is 27.0. The highest BCUT2D eigenvalue weighted by molar-refractivity contribution is 7.07. The Morgan fingerprint density at radius 1 is 1.15 bits per heavy atom. The van der Waals surface area contributed by atoms with Crippen molar-refractivity contribution in [2.24, 2.45) is 0 Å². The largest absolute Gasteiger partial charge is 0.371 e. The highest BCUT2D eigenvalue weighted by Gasteiger charge is 2.24. The molecule has 0 fully saturated rings. The number of hydrogen-bond acceptors (Lipinski definition) is 10. The van der Waals surface area contributed by atoms with Crippen LogP contribution in [-0.4, -0.2) is 47.1 Å². The second-order valence-corrected chi connectivity index (χ2v) is 10.9. The third-order valence-electron chi connectivity index (χ3n) is 6.28. The maximum atomic E-state index is 9.87. The minimum Gasteiger partial charge on any atom is -0.371 e. The Morgan fingerprint density at radius 2 is 1.97 bits per heavy atom. The molecule has 0 saturated carbocycles. The summed E-state index contributed by atoms with van der Waals surface area (Å²) in [5.74, 6) is 0. The zero-order chi connectivity index (χ0) is 27.5. The van der Waals surface area contributed by atoms with Crippen LogP contribution in [0.25, 0.3) is 10.9 Å². The lowest BCUT2D eigenvalue weighted by atomic mass is 10.1. The number of likely N-dealkylation sites (N-methyl/N-ethyl adjacent to an activating group) is 1. The number of rotatable bonds is 9. The first-order chi connectivity index (χ1) is 18.8. The van der Waals surface area contributed by atoms with Crippen LogP contribution in [0.2, 0.25) is 10.0 Å². The van der Waals surface area contributed by atoms with Gasteiger partial charge in [0.1, 0.15) is 12.1 Å². The smallest absolute Gasteiger partial charge is 0.113 e. The van der Waals surface area contributed by atoms with E-state index in [9.17, 15) is 5.26 Å². The minimum absolute atomic E-state index is 0.277. The molecule has 5 rings (SSSR count). The number of aryl methyl sites for hydroxylation is 1. The molecule has 2 aromatic heterocycles. The van der Waals surface area contributed by atoms with Crippen molar-refractivity contribution in [3.05, 3.63) is 86.2 Å². The molecular formula is C27H27Cl2N9S. The number of halogens is 2. The first-order valence-corrected chi connectivity index (χ1v) is 13.9. The van der Waals surface area contributed by atoms with Gasteiger partial charge < -0.3 is 21.0 Å². The van der Waals surface area contributed by atoms with Crippen molar-refractivity contribution in [2.45, 2.75) is 13.0 Å². The predicted molar refractivity (Wildman–Crippen MR) is 159 cm³/mol. The summed E-state index contributed by atoms with van der Waals surface area (Å²) in [6.45, 7) is 3.64. The lowest BCUT2D eigenvalue weighted by Crippen LogP contribution is -2.40. The van der Waals surface area contributed by atoms with Crippen LogP contribution in [0.5, 0.6) is 0 Å². The third-order valence-corrected chi connectivity index (χ3v) is 7.58. The standard InChI is InChI=1S/C27H27Cl2N9S/c1-16-4-5-18(9-21(16)28)33-25-17(11-30)12-31-26-20(25)8-19(10-22(26)29)34-27(24-14-39-15-32-24)23-13-38(36-35-23)7-6-37(2)3/h4-5,8-10,12-15,27,34-36H,6-7H2,1-3H3,(H,31,33)/t27-/m1/s1. The Morgan fingerprint density at radius 3 is 2.69 bits per heavy atom. The van der Waals surface area contributed by atoms with Gasteiger partial charge in [-0.25, -0.2) is 4.98 Å². The number of benzene rings is 2. The fourth-order valence-corrected chi connectivity index (χ4v) is 5.19. The molecule has 1 atom stereocenters. The summed E-state index contributed by atoms with van der Waals surface area (Å²) in [5.41, 5.74) is 14.1. The fourth-order valence-electron chi connectivity index (χ4n) is 4.16. The molecule has 9 nitrogen and oxygen atoms in total. The topological polar surface area (TPSA) is 104 Å². The second-order valence-electron chi connectivity index (χ2n) is 9.41. The van der Waals surface area contributed by atoms with Crippen molar-refractivity contribution in [2.75, 3.05) is 37.8 Å². The third kappa shape index (κ3) is 6.03. The van der Waals surface area contributed by atoms with E-state index in [1.54, 1.807) is 0 Å². The molecule has 200 valence electrons. The van der Waals surface area contributed by atoms with E-state index in [1.165, 1.54) is 17.5 Å². The number of fused-ring (bicyclic) bond motifs is 1. The summed E-state index contributed by atoms with van der Waals surface area (Å²) in [5, 5.41) is 22.6. The number of pyridine rings is 1. The Balaban J connectivity index is 1.52. The molecule has 1 aliphatic heterocycles. The van der Waals surface area contributed by atoms with E-state index in [1.807, 2.05) is 73.5 Å². The van der Waals surface area contributed by atoms with Gasteiger partial charge >= 0.3 is 0 Å². The first-order valence-electron chi connectivity index (χ1n) is 12.2. The highest BCUT2D eigenvalue weighted by Crippen LogP contribution is 2.37. The van der Waals surface area contributed by atoms with E-state index >= 15 is 0 Å². The van der Waals surface area contributed by atoms with E-state index < -0.39 is 0 Å². The lowest BCUT2D eigenvalue weighted by Gasteiger charge is -2.20. The fraction of sp³-hybridized carbons (Fsp3) is 0.222. The van der Waals surface area contributed by atoms with Crippen LogP contribution in [0.4, 0.5) is 17.1 Å². The van der Waals surface area contributed by atoms with E-state index in [4.69, 9.17) is 23.2 Å². The Hall–Kier alpha value is -3.59. The molecule has 0 aliphatic carbocycles. The predicted octanol–water partition coefficient (Wildman–Crippen LogP) is 5.80. The summed E-state index contributed by atoms with van der Waals surface area (Å²) < 4.78 is 0. The average Bonchev–Trinajstić information content (AvgIpc) is 3.61. The van der Waals surface area contributed by atoms with Crippen molar-refractivity contribution >= 4 is 62.5 Å². The van der Waals surface area contributed by atoms with Crippen LogP contribution >= 0.6 is 34.5 Å². The molecule has 4 aromatic rings. The van der Waals surface area contributed by atoms with Crippen LogP contribution in [-0.2, 0) is 0 Å². The van der Waals surface area contributed by atoms with Crippen LogP contribution < -0.4 is 21.6 Å². The van der Waals surface area contributed by atoms with Gasteiger partial charge in [0.15, 0.2) is 0 Å². The molecule has 0 radical (unpaired) electrons. The maximum Gasteiger partial charge on any atom is 0.113 e. The summed E-state index contributed by atoms with van der Waals surface area (Å²) in [7, 11) is 4.08. The van der Waals surface area contributed by atoms with Crippen molar-refractivity contribution in [1.82, 2.24) is 30.8 Å². The van der Waals surface area contributed by atoms with Gasteiger partial charge in [-0.15, -0.1) is 16.9 Å². The molecule has 0 amide bonds. The number of nitriles is 1. The number of hydrazine groups is 2. The van der Waals surface area contributed by atoms with Crippen molar-refractivity contribution in [1.29, 1.82) is 5.26 Å². The lowest BCUT2D eigenvalue weighted by molar-refractivity contribution is 0.239. The van der Waals surface area contributed by atoms with Crippen LogP contribution in [0, 0.1) is 18.3 Å². The van der Waals surface area contributed by atoms with Crippen LogP contribution in [0.3, 0.4) is 0 Å². The van der Waals surface area contributed by atoms with Crippen molar-refractivity contribution in [3.8, 4) is 6.07 Å². The summed E-state index contributed by atoms with van der Waals surface area (Å²) in [6, 6.07) is 11.4. The van der Waals surface area contributed by atoms with Gasteiger partial charge in [0.05, 0.1) is 38.7 Å². The number of anilines is 3. The normalized spacial score (nSPS) is 13.8. The number of thiazole rings is 1. The molecule has 0 bridgehead atoms. The zero-order valence-electron chi connectivity index (χ0n) is 21.6.